The number of nitrogens with one attached hydrogen (secondary N) is 1. The fraction of sp³-hybridized carbons (Fsp3) is 0.562. The Labute approximate surface area is 119 Å². The number of hydrogen-bond donors (Lipinski definition) is 1. The third kappa shape index (κ3) is 2.33. The molecule has 1 atom stereocenters. The summed E-state index contributed by atoms with van der Waals surface area (Å²) in [7, 11) is 1.91. The Morgan fingerprint density at radius 3 is 2.60 bits per heavy atom. The molecular weight excluding hydrogens is 255 g/mol. The molecule has 20 heavy (non-hydrogen) atoms. The molecule has 3 nitrogen and oxygen atoms in total. The van der Waals surface area contributed by atoms with Crippen LogP contribution in [0.4, 0.5) is 4.39 Å². The second-order valence-electron chi connectivity index (χ2n) is 6.13. The predicted molar refractivity (Wildman–Crippen MR) is 75.8 cm³/mol. The van der Waals surface area contributed by atoms with Crippen molar-refractivity contribution < 1.29 is 9.18 Å². The van der Waals surface area contributed by atoms with E-state index in [4.69, 9.17) is 0 Å². The molecule has 2 aliphatic heterocycles. The quantitative estimate of drug-likeness (QED) is 0.895. The maximum absolute atomic E-state index is 13.0. The van der Waals surface area contributed by atoms with Crippen LogP contribution in [0.1, 0.15) is 24.8 Å². The number of hydrogen-bond acceptors (Lipinski definition) is 2. The van der Waals surface area contributed by atoms with Gasteiger partial charge in [0.05, 0.1) is 5.41 Å². The molecule has 0 unspecified atom stereocenters. The van der Waals surface area contributed by atoms with Crippen molar-refractivity contribution in [3.8, 4) is 0 Å². The minimum absolute atomic E-state index is 0.148. The molecule has 1 aromatic carbocycles. The summed E-state index contributed by atoms with van der Waals surface area (Å²) < 4.78 is 13.0. The Morgan fingerprint density at radius 1 is 1.30 bits per heavy atom. The van der Waals surface area contributed by atoms with Gasteiger partial charge in [-0.15, -0.1) is 0 Å². The average molecular weight is 276 g/mol. The lowest BCUT2D eigenvalue weighted by Gasteiger charge is -2.31. The van der Waals surface area contributed by atoms with Crippen molar-refractivity contribution in [1.29, 1.82) is 0 Å². The van der Waals surface area contributed by atoms with Gasteiger partial charge in [0.2, 0.25) is 5.91 Å². The van der Waals surface area contributed by atoms with Crippen LogP contribution in [0.2, 0.25) is 0 Å². The van der Waals surface area contributed by atoms with Gasteiger partial charge in [0, 0.05) is 13.1 Å². The highest BCUT2D eigenvalue weighted by molar-refractivity contribution is 5.85. The summed E-state index contributed by atoms with van der Waals surface area (Å²) in [5, 5.41) is 3.33. The predicted octanol–water partition coefficient (Wildman–Crippen LogP) is 1.97. The molecule has 108 valence electrons. The van der Waals surface area contributed by atoms with E-state index in [2.05, 4.69) is 5.32 Å². The summed E-state index contributed by atoms with van der Waals surface area (Å²) in [6.07, 6.45) is 3.63. The topological polar surface area (TPSA) is 32.3 Å². The van der Waals surface area contributed by atoms with E-state index >= 15 is 0 Å². The molecule has 1 N–H and O–H groups in total. The summed E-state index contributed by atoms with van der Waals surface area (Å²) in [4.78, 5) is 14.5. The lowest BCUT2D eigenvalue weighted by molar-refractivity contribution is -0.136. The SMILES string of the molecule is CN1C(=O)C2(CCNCC2)C[C@@H]1Cc1ccc(F)cc1. The van der Waals surface area contributed by atoms with Crippen LogP contribution >= 0.6 is 0 Å². The van der Waals surface area contributed by atoms with Crippen molar-refractivity contribution in [2.24, 2.45) is 5.41 Å². The van der Waals surface area contributed by atoms with Crippen molar-refractivity contribution in [3.63, 3.8) is 0 Å². The number of likely N-dealkylation sites (tertiary alicyclic amines) is 1. The van der Waals surface area contributed by atoms with Crippen molar-refractivity contribution in [2.45, 2.75) is 31.7 Å². The molecule has 2 saturated heterocycles. The van der Waals surface area contributed by atoms with Gasteiger partial charge in [-0.05, 0) is 56.5 Å². The molecule has 1 spiro atoms. The first-order chi connectivity index (χ1) is 9.61. The van der Waals surface area contributed by atoms with Gasteiger partial charge in [-0.3, -0.25) is 4.79 Å². The highest BCUT2D eigenvalue weighted by Crippen LogP contribution is 2.43. The first-order valence-corrected chi connectivity index (χ1v) is 7.33. The van der Waals surface area contributed by atoms with Crippen LogP contribution in [0.5, 0.6) is 0 Å². The molecule has 0 radical (unpaired) electrons. The van der Waals surface area contributed by atoms with Crippen LogP contribution in [-0.4, -0.2) is 37.0 Å². The fourth-order valence-electron chi connectivity index (χ4n) is 3.64. The van der Waals surface area contributed by atoms with E-state index in [9.17, 15) is 9.18 Å². The van der Waals surface area contributed by atoms with E-state index in [0.717, 1.165) is 44.3 Å². The van der Waals surface area contributed by atoms with Crippen LogP contribution in [0, 0.1) is 11.2 Å². The Hall–Kier alpha value is -1.42. The van der Waals surface area contributed by atoms with Crippen molar-refractivity contribution in [3.05, 3.63) is 35.6 Å². The van der Waals surface area contributed by atoms with Crippen LogP contribution in [0.3, 0.4) is 0 Å². The Kier molecular flexibility index (Phi) is 3.50. The molecular formula is C16H21FN2O. The third-order valence-electron chi connectivity index (χ3n) is 4.89. The monoisotopic (exact) mass is 276 g/mol. The highest BCUT2D eigenvalue weighted by atomic mass is 19.1. The van der Waals surface area contributed by atoms with Crippen molar-refractivity contribution in [1.82, 2.24) is 10.2 Å². The fourth-order valence-corrected chi connectivity index (χ4v) is 3.64. The van der Waals surface area contributed by atoms with Gasteiger partial charge in [-0.1, -0.05) is 12.1 Å². The van der Waals surface area contributed by atoms with E-state index in [1.165, 1.54) is 12.1 Å². The second kappa shape index (κ2) is 5.17. The molecule has 0 aromatic heterocycles. The van der Waals surface area contributed by atoms with E-state index in [0.29, 0.717) is 5.91 Å². The van der Waals surface area contributed by atoms with Gasteiger partial charge in [-0.25, -0.2) is 4.39 Å². The molecule has 0 bridgehead atoms. The minimum atomic E-state index is -0.209. The van der Waals surface area contributed by atoms with E-state index in [1.807, 2.05) is 24.1 Å². The van der Waals surface area contributed by atoms with Crippen LogP contribution < -0.4 is 5.32 Å². The Bertz CT molecular complexity index is 494. The van der Waals surface area contributed by atoms with Gasteiger partial charge < -0.3 is 10.2 Å². The zero-order valence-electron chi connectivity index (χ0n) is 11.9. The van der Waals surface area contributed by atoms with Gasteiger partial charge in [0.25, 0.3) is 0 Å². The molecule has 2 fully saturated rings. The number of carbonyl (C=O) groups is 1. The first-order valence-electron chi connectivity index (χ1n) is 7.33. The maximum Gasteiger partial charge on any atom is 0.228 e. The molecule has 2 aliphatic rings. The second-order valence-corrected chi connectivity index (χ2v) is 6.13. The summed E-state index contributed by atoms with van der Waals surface area (Å²) in [6, 6.07) is 6.87. The first kappa shape index (κ1) is 13.6. The van der Waals surface area contributed by atoms with Gasteiger partial charge in [-0.2, -0.15) is 0 Å². The van der Waals surface area contributed by atoms with Gasteiger partial charge in [0.1, 0.15) is 5.82 Å². The van der Waals surface area contributed by atoms with Crippen LogP contribution in [0.25, 0.3) is 0 Å². The van der Waals surface area contributed by atoms with Crippen LogP contribution in [-0.2, 0) is 11.2 Å². The van der Waals surface area contributed by atoms with E-state index < -0.39 is 0 Å². The Morgan fingerprint density at radius 2 is 1.95 bits per heavy atom. The number of benzene rings is 1. The minimum Gasteiger partial charge on any atom is -0.342 e. The van der Waals surface area contributed by atoms with E-state index in [1.54, 1.807) is 0 Å². The number of piperidine rings is 1. The average Bonchev–Trinajstić information content (AvgIpc) is 2.68. The zero-order chi connectivity index (χ0) is 14.2. The molecule has 4 heteroatoms. The summed E-state index contributed by atoms with van der Waals surface area (Å²) in [5.41, 5.74) is 0.951. The normalized spacial score (nSPS) is 25.4. The summed E-state index contributed by atoms with van der Waals surface area (Å²) in [6.45, 7) is 1.87. The zero-order valence-corrected chi connectivity index (χ0v) is 11.9. The number of carbonyl (C=O) groups excluding carboxylic acids is 1. The molecule has 2 heterocycles. The van der Waals surface area contributed by atoms with Crippen molar-refractivity contribution >= 4 is 5.91 Å². The standard InChI is InChI=1S/C16H21FN2O/c1-19-14(10-12-2-4-13(17)5-3-12)11-16(15(19)20)6-8-18-9-7-16/h2-5,14,18H,6-11H2,1H3/t14-/m0/s1. The van der Waals surface area contributed by atoms with E-state index in [-0.39, 0.29) is 17.3 Å². The van der Waals surface area contributed by atoms with Gasteiger partial charge >= 0.3 is 0 Å². The maximum atomic E-state index is 13.0. The van der Waals surface area contributed by atoms with Crippen molar-refractivity contribution in [2.75, 3.05) is 20.1 Å². The van der Waals surface area contributed by atoms with Gasteiger partial charge in [0.15, 0.2) is 0 Å². The number of likely N-dealkylation sites (N-methyl/N-ethyl adjacent to an activating group) is 1. The lowest BCUT2D eigenvalue weighted by Crippen LogP contribution is -2.42. The largest absolute Gasteiger partial charge is 0.342 e. The summed E-state index contributed by atoms with van der Waals surface area (Å²) in [5.74, 6) is 0.0885. The third-order valence-corrected chi connectivity index (χ3v) is 4.89. The number of rotatable bonds is 2. The number of nitrogens with zero attached hydrogens (tertiary/aromatic N) is 1. The highest BCUT2D eigenvalue weighted by Gasteiger charge is 2.49. The molecule has 1 amide bonds. The lowest BCUT2D eigenvalue weighted by atomic mass is 9.76. The van der Waals surface area contributed by atoms with Crippen LogP contribution in [0.15, 0.2) is 24.3 Å². The molecule has 3 rings (SSSR count). The Balaban J connectivity index is 1.74. The smallest absolute Gasteiger partial charge is 0.228 e. The molecule has 0 aliphatic carbocycles. The summed E-state index contributed by atoms with van der Waals surface area (Å²) >= 11 is 0. The molecule has 0 saturated carbocycles. The molecule has 1 aromatic rings. The number of halogens is 1. The number of amides is 1.